The highest BCUT2D eigenvalue weighted by atomic mass is 35.5. The van der Waals surface area contributed by atoms with E-state index in [1.807, 2.05) is 6.07 Å². The molecule has 1 aliphatic rings. The third-order valence-corrected chi connectivity index (χ3v) is 7.62. The van der Waals surface area contributed by atoms with Gasteiger partial charge >= 0.3 is 11.9 Å². The van der Waals surface area contributed by atoms with E-state index in [1.54, 1.807) is 57.4 Å². The van der Waals surface area contributed by atoms with Gasteiger partial charge in [-0.3, -0.25) is 9.36 Å². The first-order chi connectivity index (χ1) is 19.2. The van der Waals surface area contributed by atoms with Crippen LogP contribution in [0.4, 0.5) is 0 Å². The summed E-state index contributed by atoms with van der Waals surface area (Å²) in [5.74, 6) is -0.361. The van der Waals surface area contributed by atoms with Crippen molar-refractivity contribution in [1.29, 1.82) is 0 Å². The molecule has 40 heavy (non-hydrogen) atoms. The second kappa shape index (κ2) is 11.0. The van der Waals surface area contributed by atoms with E-state index >= 15 is 0 Å². The van der Waals surface area contributed by atoms with E-state index in [0.29, 0.717) is 48.5 Å². The van der Waals surface area contributed by atoms with E-state index in [1.165, 1.54) is 22.8 Å². The predicted molar refractivity (Wildman–Crippen MR) is 150 cm³/mol. The lowest BCUT2D eigenvalue weighted by atomic mass is 9.95. The zero-order valence-electron chi connectivity index (χ0n) is 21.6. The maximum atomic E-state index is 13.8. The van der Waals surface area contributed by atoms with Crippen molar-refractivity contribution >= 4 is 41.0 Å². The standard InChI is InChI=1S/C29H23ClN2O7S/c1-4-38-28(36)24-15(2)31-29-32(25(24)16-6-5-7-18(12-16)37-3)26(33)23(40-29)14-19-9-11-22(39-19)20-13-17(27(34)35)8-10-21(20)30/h5-14,25H,4H2,1-3H3,(H,34,35). The van der Waals surface area contributed by atoms with Gasteiger partial charge in [-0.1, -0.05) is 35.1 Å². The molecule has 1 atom stereocenters. The second-order valence-corrected chi connectivity index (χ2v) is 10.2. The van der Waals surface area contributed by atoms with Crippen molar-refractivity contribution in [3.05, 3.63) is 107 Å². The number of methoxy groups -OCH3 is 1. The summed E-state index contributed by atoms with van der Waals surface area (Å²) in [6, 6.07) is 14.0. The van der Waals surface area contributed by atoms with Crippen LogP contribution in [0.15, 0.2) is 80.1 Å². The number of benzene rings is 2. The number of carbonyl (C=O) groups is 2. The van der Waals surface area contributed by atoms with Crippen LogP contribution in [0.1, 0.15) is 41.6 Å². The van der Waals surface area contributed by atoms with Crippen molar-refractivity contribution in [3.8, 4) is 17.1 Å². The number of allylic oxidation sites excluding steroid dienone is 1. The molecule has 0 spiro atoms. The average Bonchev–Trinajstić information content (AvgIpc) is 3.52. The summed E-state index contributed by atoms with van der Waals surface area (Å²) in [4.78, 5) is 43.2. The number of halogens is 1. The van der Waals surface area contributed by atoms with Crippen LogP contribution in [0, 0.1) is 0 Å². The van der Waals surface area contributed by atoms with Crippen molar-refractivity contribution in [1.82, 2.24) is 4.57 Å². The second-order valence-electron chi connectivity index (χ2n) is 8.78. The van der Waals surface area contributed by atoms with Crippen LogP contribution in [0.3, 0.4) is 0 Å². The molecule has 204 valence electrons. The molecule has 1 aliphatic heterocycles. The number of hydrogen-bond donors (Lipinski definition) is 1. The molecule has 2 aromatic carbocycles. The molecule has 3 heterocycles. The maximum Gasteiger partial charge on any atom is 0.338 e. The van der Waals surface area contributed by atoms with Crippen LogP contribution in [0.5, 0.6) is 5.75 Å². The molecule has 1 unspecified atom stereocenters. The third kappa shape index (κ3) is 4.99. The molecular formula is C29H23ClN2O7S. The van der Waals surface area contributed by atoms with Crippen LogP contribution < -0.4 is 19.6 Å². The van der Waals surface area contributed by atoms with Crippen molar-refractivity contribution in [2.75, 3.05) is 13.7 Å². The average molecular weight is 579 g/mol. The fourth-order valence-electron chi connectivity index (χ4n) is 4.47. The molecule has 0 amide bonds. The van der Waals surface area contributed by atoms with E-state index < -0.39 is 18.0 Å². The maximum absolute atomic E-state index is 13.8. The highest BCUT2D eigenvalue weighted by Crippen LogP contribution is 2.33. The number of carboxylic acids is 1. The van der Waals surface area contributed by atoms with Gasteiger partial charge in [-0.05, 0) is 61.9 Å². The quantitative estimate of drug-likeness (QED) is 0.322. The number of ether oxygens (including phenoxy) is 2. The summed E-state index contributed by atoms with van der Waals surface area (Å²) >= 11 is 7.45. The Kier molecular flexibility index (Phi) is 7.46. The summed E-state index contributed by atoms with van der Waals surface area (Å²) in [6.07, 6.45) is 1.58. The van der Waals surface area contributed by atoms with Crippen molar-refractivity contribution in [2.45, 2.75) is 19.9 Å². The first kappa shape index (κ1) is 27.2. The van der Waals surface area contributed by atoms with E-state index in [4.69, 9.17) is 25.5 Å². The summed E-state index contributed by atoms with van der Waals surface area (Å²) in [6.45, 7) is 3.60. The molecule has 0 aliphatic carbocycles. The van der Waals surface area contributed by atoms with Crippen LogP contribution in [0.25, 0.3) is 17.4 Å². The molecule has 1 N–H and O–H groups in total. The Hall–Kier alpha value is -4.41. The molecule has 9 nitrogen and oxygen atoms in total. The summed E-state index contributed by atoms with van der Waals surface area (Å²) < 4.78 is 18.4. The van der Waals surface area contributed by atoms with Crippen LogP contribution in [0.2, 0.25) is 5.02 Å². The Morgan fingerprint density at radius 2 is 2.00 bits per heavy atom. The lowest BCUT2D eigenvalue weighted by molar-refractivity contribution is -0.139. The molecule has 0 fully saturated rings. The van der Waals surface area contributed by atoms with Gasteiger partial charge in [0.15, 0.2) is 4.80 Å². The lowest BCUT2D eigenvalue weighted by Gasteiger charge is -2.24. The number of carboxylic acid groups (broad SMARTS) is 1. The molecular weight excluding hydrogens is 556 g/mol. The number of carbonyl (C=O) groups excluding carboxylic acids is 1. The SMILES string of the molecule is CCOC(=O)C1=C(C)N=c2sc(=Cc3ccc(-c4cc(C(=O)O)ccc4Cl)o3)c(=O)n2C1c1cccc(OC)c1. The van der Waals surface area contributed by atoms with E-state index in [2.05, 4.69) is 4.99 Å². The molecule has 5 rings (SSSR count). The number of hydrogen-bond acceptors (Lipinski definition) is 8. The zero-order chi connectivity index (χ0) is 28.6. The van der Waals surface area contributed by atoms with Gasteiger partial charge in [0.05, 0.1) is 46.1 Å². The van der Waals surface area contributed by atoms with Crippen molar-refractivity contribution in [3.63, 3.8) is 0 Å². The minimum absolute atomic E-state index is 0.0657. The number of aromatic carboxylic acids is 1. The lowest BCUT2D eigenvalue weighted by Crippen LogP contribution is -2.39. The number of nitrogens with zero attached hydrogens (tertiary/aromatic N) is 2. The molecule has 0 saturated carbocycles. The number of rotatable bonds is 7. The van der Waals surface area contributed by atoms with Gasteiger partial charge in [0.1, 0.15) is 17.3 Å². The fraction of sp³-hybridized carbons (Fsp3) is 0.172. The van der Waals surface area contributed by atoms with Crippen LogP contribution >= 0.6 is 22.9 Å². The first-order valence-corrected chi connectivity index (χ1v) is 13.4. The van der Waals surface area contributed by atoms with Crippen LogP contribution in [-0.2, 0) is 9.53 Å². The third-order valence-electron chi connectivity index (χ3n) is 6.31. The molecule has 0 saturated heterocycles. The molecule has 0 radical (unpaired) electrons. The van der Waals surface area contributed by atoms with Gasteiger partial charge in [-0.15, -0.1) is 0 Å². The predicted octanol–water partition coefficient (Wildman–Crippen LogP) is 4.42. The molecule has 4 aromatic rings. The van der Waals surface area contributed by atoms with Crippen molar-refractivity contribution in [2.24, 2.45) is 4.99 Å². The van der Waals surface area contributed by atoms with Gasteiger partial charge in [0, 0.05) is 11.6 Å². The molecule has 2 aromatic heterocycles. The number of esters is 1. The Bertz CT molecular complexity index is 1870. The fourth-order valence-corrected chi connectivity index (χ4v) is 5.71. The Morgan fingerprint density at radius 1 is 1.20 bits per heavy atom. The van der Waals surface area contributed by atoms with E-state index in [0.717, 1.165) is 11.3 Å². The summed E-state index contributed by atoms with van der Waals surface area (Å²) in [7, 11) is 1.54. The van der Waals surface area contributed by atoms with E-state index in [-0.39, 0.29) is 23.3 Å². The summed E-state index contributed by atoms with van der Waals surface area (Å²) in [5.41, 5.74) is 1.49. The monoisotopic (exact) mass is 578 g/mol. The van der Waals surface area contributed by atoms with Crippen LogP contribution in [-0.4, -0.2) is 35.3 Å². The number of thiazole rings is 1. The number of aromatic nitrogens is 1. The highest BCUT2D eigenvalue weighted by Gasteiger charge is 2.33. The smallest absolute Gasteiger partial charge is 0.338 e. The van der Waals surface area contributed by atoms with Gasteiger partial charge in [-0.2, -0.15) is 0 Å². The largest absolute Gasteiger partial charge is 0.497 e. The van der Waals surface area contributed by atoms with Gasteiger partial charge in [0.2, 0.25) is 0 Å². The minimum atomic E-state index is -1.09. The van der Waals surface area contributed by atoms with Gasteiger partial charge < -0.3 is 19.0 Å². The van der Waals surface area contributed by atoms with Gasteiger partial charge in [0.25, 0.3) is 5.56 Å². The Labute approximate surface area is 236 Å². The summed E-state index contributed by atoms with van der Waals surface area (Å²) in [5, 5.41) is 9.65. The van der Waals surface area contributed by atoms with Gasteiger partial charge in [-0.25, -0.2) is 14.6 Å². The highest BCUT2D eigenvalue weighted by molar-refractivity contribution is 7.07. The minimum Gasteiger partial charge on any atom is -0.497 e. The number of furan rings is 1. The Morgan fingerprint density at radius 3 is 2.73 bits per heavy atom. The van der Waals surface area contributed by atoms with E-state index in [9.17, 15) is 19.5 Å². The Balaban J connectivity index is 1.64. The first-order valence-electron chi connectivity index (χ1n) is 12.2. The molecule has 11 heteroatoms. The van der Waals surface area contributed by atoms with Crippen molar-refractivity contribution < 1.29 is 28.6 Å². The number of fused-ring (bicyclic) bond motifs is 1. The zero-order valence-corrected chi connectivity index (χ0v) is 23.2. The molecule has 0 bridgehead atoms. The normalized spacial score (nSPS) is 15.0. The topological polar surface area (TPSA) is 120 Å².